The van der Waals surface area contributed by atoms with E-state index in [4.69, 9.17) is 0 Å². The van der Waals surface area contributed by atoms with Gasteiger partial charge >= 0.3 is 0 Å². The Morgan fingerprint density at radius 2 is 1.79 bits per heavy atom. The third-order valence-electron chi connectivity index (χ3n) is 6.04. The molecule has 5 heteroatoms. The van der Waals surface area contributed by atoms with Crippen molar-refractivity contribution in [3.05, 3.63) is 0 Å². The summed E-state index contributed by atoms with van der Waals surface area (Å²) in [5.41, 5.74) is 0.323. The van der Waals surface area contributed by atoms with Crippen LogP contribution in [0, 0.1) is 17.3 Å². The van der Waals surface area contributed by atoms with Gasteiger partial charge in [0.25, 0.3) is 0 Å². The van der Waals surface area contributed by atoms with Crippen molar-refractivity contribution in [1.82, 2.24) is 15.5 Å². The van der Waals surface area contributed by atoms with E-state index in [9.17, 15) is 4.79 Å². The molecule has 2 N–H and O–H groups in total. The van der Waals surface area contributed by atoms with Gasteiger partial charge in [0.15, 0.2) is 5.96 Å². The first kappa shape index (κ1) is 19.1. The summed E-state index contributed by atoms with van der Waals surface area (Å²) in [5.74, 6) is 2.53. The number of nitrogens with one attached hydrogen (secondary N) is 2. The van der Waals surface area contributed by atoms with E-state index in [0.29, 0.717) is 17.8 Å². The van der Waals surface area contributed by atoms with Crippen LogP contribution in [-0.2, 0) is 4.79 Å². The molecule has 0 aromatic carbocycles. The fourth-order valence-electron chi connectivity index (χ4n) is 4.20. The van der Waals surface area contributed by atoms with Gasteiger partial charge in [0, 0.05) is 40.2 Å². The maximum atomic E-state index is 11.5. The second-order valence-corrected chi connectivity index (χ2v) is 8.18. The zero-order valence-corrected chi connectivity index (χ0v) is 16.0. The molecule has 0 radical (unpaired) electrons. The molecule has 1 saturated carbocycles. The van der Waals surface area contributed by atoms with Gasteiger partial charge in [-0.3, -0.25) is 9.79 Å². The first-order chi connectivity index (χ1) is 11.5. The monoisotopic (exact) mass is 336 g/mol. The number of hydrogen-bond donors (Lipinski definition) is 2. The summed E-state index contributed by atoms with van der Waals surface area (Å²) in [6, 6.07) is 0. The third kappa shape index (κ3) is 5.12. The van der Waals surface area contributed by atoms with Crippen molar-refractivity contribution in [2.45, 2.75) is 58.8 Å². The number of rotatable bonds is 5. The van der Waals surface area contributed by atoms with Gasteiger partial charge in [0.2, 0.25) is 5.91 Å². The normalized spacial score (nSPS) is 21.2. The molecule has 1 amide bonds. The van der Waals surface area contributed by atoms with E-state index in [1.807, 2.05) is 7.05 Å². The minimum absolute atomic E-state index is 0.161. The van der Waals surface area contributed by atoms with Crippen molar-refractivity contribution in [2.75, 3.05) is 33.7 Å². The lowest BCUT2D eigenvalue weighted by molar-refractivity contribution is -0.121. The molecule has 2 fully saturated rings. The van der Waals surface area contributed by atoms with Gasteiger partial charge in [-0.05, 0) is 42.9 Å². The summed E-state index contributed by atoms with van der Waals surface area (Å²) in [4.78, 5) is 18.4. The van der Waals surface area contributed by atoms with Gasteiger partial charge in [-0.1, -0.05) is 26.7 Å². The molecule has 138 valence electrons. The Hall–Kier alpha value is -1.26. The summed E-state index contributed by atoms with van der Waals surface area (Å²) < 4.78 is 0. The van der Waals surface area contributed by atoms with E-state index < -0.39 is 0 Å². The average molecular weight is 337 g/mol. The summed E-state index contributed by atoms with van der Waals surface area (Å²) in [6.45, 7) is 7.75. The van der Waals surface area contributed by atoms with E-state index in [0.717, 1.165) is 44.4 Å². The molecule has 0 aromatic heterocycles. The molecule has 24 heavy (non-hydrogen) atoms. The lowest BCUT2D eigenvalue weighted by Crippen LogP contribution is -2.49. The maximum Gasteiger partial charge on any atom is 0.220 e. The zero-order chi connectivity index (χ0) is 17.6. The second kappa shape index (κ2) is 8.72. The predicted molar refractivity (Wildman–Crippen MR) is 100 cm³/mol. The number of piperidine rings is 1. The Balaban J connectivity index is 1.79. The van der Waals surface area contributed by atoms with Gasteiger partial charge in [0.1, 0.15) is 0 Å². The Kier molecular flexibility index (Phi) is 6.93. The quantitative estimate of drug-likeness (QED) is 0.599. The second-order valence-electron chi connectivity index (χ2n) is 8.18. The fourth-order valence-corrected chi connectivity index (χ4v) is 4.20. The van der Waals surface area contributed by atoms with Crippen molar-refractivity contribution in [3.8, 4) is 0 Å². The van der Waals surface area contributed by atoms with Gasteiger partial charge < -0.3 is 15.5 Å². The predicted octanol–water partition coefficient (Wildman–Crippen LogP) is 2.63. The van der Waals surface area contributed by atoms with Crippen LogP contribution in [0.1, 0.15) is 58.8 Å². The fraction of sp³-hybridized carbons (Fsp3) is 0.895. The van der Waals surface area contributed by atoms with E-state index in [1.165, 1.54) is 25.7 Å². The average Bonchev–Trinajstić information content (AvgIpc) is 3.12. The van der Waals surface area contributed by atoms with Gasteiger partial charge in [0.05, 0.1) is 0 Å². The van der Waals surface area contributed by atoms with Crippen molar-refractivity contribution < 1.29 is 4.79 Å². The highest BCUT2D eigenvalue weighted by Crippen LogP contribution is 2.39. The molecule has 2 aliphatic rings. The minimum atomic E-state index is 0.161. The lowest BCUT2D eigenvalue weighted by atomic mass is 9.78. The molecule has 1 aliphatic heterocycles. The maximum absolute atomic E-state index is 11.5. The lowest BCUT2D eigenvalue weighted by Gasteiger charge is -2.37. The summed E-state index contributed by atoms with van der Waals surface area (Å²) in [7, 11) is 3.59. The first-order valence-corrected chi connectivity index (χ1v) is 9.62. The highest BCUT2D eigenvalue weighted by Gasteiger charge is 2.32. The van der Waals surface area contributed by atoms with Crippen LogP contribution in [0.5, 0.6) is 0 Å². The molecule has 0 aromatic rings. The number of carbonyl (C=O) groups excluding carboxylic acids is 1. The number of likely N-dealkylation sites (tertiary alicyclic amines) is 1. The van der Waals surface area contributed by atoms with Crippen LogP contribution in [0.2, 0.25) is 0 Å². The Bertz CT molecular complexity index is 433. The van der Waals surface area contributed by atoms with Crippen LogP contribution in [0.4, 0.5) is 0 Å². The Morgan fingerprint density at radius 3 is 2.33 bits per heavy atom. The van der Waals surface area contributed by atoms with Crippen molar-refractivity contribution >= 4 is 11.9 Å². The number of guanidine groups is 1. The molecular formula is C19H36N4O. The molecular weight excluding hydrogens is 300 g/mol. The van der Waals surface area contributed by atoms with E-state index >= 15 is 0 Å². The number of aliphatic imine (C=N–C) groups is 1. The van der Waals surface area contributed by atoms with E-state index in [2.05, 4.69) is 34.4 Å². The largest absolute Gasteiger partial charge is 0.359 e. The van der Waals surface area contributed by atoms with Gasteiger partial charge in [-0.15, -0.1) is 0 Å². The minimum Gasteiger partial charge on any atom is -0.359 e. The van der Waals surface area contributed by atoms with Crippen molar-refractivity contribution in [2.24, 2.45) is 22.2 Å². The van der Waals surface area contributed by atoms with Gasteiger partial charge in [-0.2, -0.15) is 0 Å². The van der Waals surface area contributed by atoms with Crippen LogP contribution in [0.3, 0.4) is 0 Å². The van der Waals surface area contributed by atoms with Crippen LogP contribution in [0.15, 0.2) is 4.99 Å². The number of hydrogen-bond acceptors (Lipinski definition) is 2. The van der Waals surface area contributed by atoms with Crippen molar-refractivity contribution in [1.29, 1.82) is 0 Å². The zero-order valence-electron chi connectivity index (χ0n) is 16.0. The molecule has 0 unspecified atom stereocenters. The molecule has 1 heterocycles. The van der Waals surface area contributed by atoms with Crippen LogP contribution in [0.25, 0.3) is 0 Å². The van der Waals surface area contributed by atoms with E-state index in [-0.39, 0.29) is 5.91 Å². The molecule has 1 aliphatic carbocycles. The van der Waals surface area contributed by atoms with Crippen LogP contribution < -0.4 is 10.6 Å². The smallest absolute Gasteiger partial charge is 0.220 e. The molecule has 5 nitrogen and oxygen atoms in total. The molecule has 2 rings (SSSR count). The number of nitrogens with zero attached hydrogens (tertiary/aromatic N) is 2. The number of amides is 1. The summed E-state index contributed by atoms with van der Waals surface area (Å²) in [5, 5.41) is 6.35. The Morgan fingerprint density at radius 1 is 1.17 bits per heavy atom. The SMILES string of the molecule is CN=C(NCC(C)(C)C1CCCC1)N1CCC(CC(=O)NC)CC1. The molecule has 0 spiro atoms. The topological polar surface area (TPSA) is 56.7 Å². The van der Waals surface area contributed by atoms with E-state index in [1.54, 1.807) is 7.05 Å². The molecule has 1 saturated heterocycles. The first-order valence-electron chi connectivity index (χ1n) is 9.62. The highest BCUT2D eigenvalue weighted by molar-refractivity contribution is 5.80. The summed E-state index contributed by atoms with van der Waals surface area (Å²) in [6.07, 6.45) is 8.32. The summed E-state index contributed by atoms with van der Waals surface area (Å²) >= 11 is 0. The third-order valence-corrected chi connectivity index (χ3v) is 6.04. The van der Waals surface area contributed by atoms with Gasteiger partial charge in [-0.25, -0.2) is 0 Å². The Labute approximate surface area is 147 Å². The highest BCUT2D eigenvalue weighted by atomic mass is 16.1. The van der Waals surface area contributed by atoms with Crippen LogP contribution in [-0.4, -0.2) is 50.5 Å². The standard InChI is InChI=1S/C19H36N4O/c1-19(2,16-7-5-6-8-16)14-22-18(21-4)23-11-9-15(10-12-23)13-17(24)20-3/h15-16H,5-14H2,1-4H3,(H,20,24)(H,21,22). The number of carbonyl (C=O) groups is 1. The molecule has 0 atom stereocenters. The van der Waals surface area contributed by atoms with Crippen LogP contribution >= 0.6 is 0 Å². The van der Waals surface area contributed by atoms with Crippen molar-refractivity contribution in [3.63, 3.8) is 0 Å². The molecule has 0 bridgehead atoms.